The lowest BCUT2D eigenvalue weighted by molar-refractivity contribution is -0.139. The fourth-order valence-electron chi connectivity index (χ4n) is 3.47. The molecular weight excluding hydrogens is 466 g/mol. The van der Waals surface area contributed by atoms with Crippen LogP contribution in [0, 0.1) is 5.92 Å². The van der Waals surface area contributed by atoms with E-state index in [4.69, 9.17) is 4.74 Å². The van der Waals surface area contributed by atoms with Crippen molar-refractivity contribution in [2.24, 2.45) is 5.92 Å². The average molecular weight is 504 g/mol. The van der Waals surface area contributed by atoms with E-state index in [0.717, 1.165) is 28.1 Å². The fraction of sp³-hybridized carbons (Fsp3) is 0.462. The fourth-order valence-corrected chi connectivity index (χ4v) is 4.32. The highest BCUT2D eigenvalue weighted by atomic mass is 32.2. The average Bonchev–Trinajstić information content (AvgIpc) is 2.83. The largest absolute Gasteiger partial charge is 0.497 e. The number of aryl methyl sites for hydroxylation is 1. The summed E-state index contributed by atoms with van der Waals surface area (Å²) < 4.78 is 31.5. The first-order chi connectivity index (χ1) is 16.5. The van der Waals surface area contributed by atoms with Crippen molar-refractivity contribution >= 4 is 27.5 Å². The van der Waals surface area contributed by atoms with Gasteiger partial charge in [0.05, 0.1) is 19.1 Å². The molecule has 0 heterocycles. The van der Waals surface area contributed by atoms with Gasteiger partial charge in [0.1, 0.15) is 18.3 Å². The number of anilines is 1. The van der Waals surface area contributed by atoms with Crippen molar-refractivity contribution < 1.29 is 22.7 Å². The highest BCUT2D eigenvalue weighted by Crippen LogP contribution is 2.20. The minimum Gasteiger partial charge on any atom is -0.497 e. The molecule has 0 aromatic heterocycles. The van der Waals surface area contributed by atoms with Gasteiger partial charge in [-0.2, -0.15) is 0 Å². The van der Waals surface area contributed by atoms with Crippen molar-refractivity contribution in [3.63, 3.8) is 0 Å². The zero-order valence-electron chi connectivity index (χ0n) is 21.4. The van der Waals surface area contributed by atoms with Gasteiger partial charge in [0.2, 0.25) is 21.8 Å². The second kappa shape index (κ2) is 12.6. The SMILES string of the molecule is CCc1ccc(N(CC(=O)N(Cc2ccc(OC)cc2)[C@H](C)C(=O)NCC(C)C)S(C)(=O)=O)cc1. The molecule has 2 aromatic carbocycles. The van der Waals surface area contributed by atoms with Crippen LogP contribution in [0.1, 0.15) is 38.8 Å². The number of carbonyl (C=O) groups excluding carboxylic acids is 2. The van der Waals surface area contributed by atoms with Gasteiger partial charge in [0.15, 0.2) is 0 Å². The molecule has 0 saturated carbocycles. The second-order valence-corrected chi connectivity index (χ2v) is 10.9. The van der Waals surface area contributed by atoms with Crippen LogP contribution in [0.25, 0.3) is 0 Å². The number of ether oxygens (including phenoxy) is 1. The molecule has 2 aromatic rings. The molecule has 8 nitrogen and oxygen atoms in total. The number of carbonyl (C=O) groups is 2. The van der Waals surface area contributed by atoms with Crippen molar-refractivity contribution in [3.05, 3.63) is 59.7 Å². The first-order valence-corrected chi connectivity index (χ1v) is 13.6. The molecule has 0 saturated heterocycles. The van der Waals surface area contributed by atoms with Crippen molar-refractivity contribution in [1.82, 2.24) is 10.2 Å². The molecule has 2 rings (SSSR count). The van der Waals surface area contributed by atoms with Crippen LogP contribution in [0.3, 0.4) is 0 Å². The van der Waals surface area contributed by atoms with E-state index in [-0.39, 0.29) is 18.4 Å². The molecule has 1 atom stereocenters. The minimum atomic E-state index is -3.75. The van der Waals surface area contributed by atoms with Gasteiger partial charge in [-0.15, -0.1) is 0 Å². The summed E-state index contributed by atoms with van der Waals surface area (Å²) in [4.78, 5) is 27.8. The van der Waals surface area contributed by atoms with Gasteiger partial charge in [-0.3, -0.25) is 13.9 Å². The lowest BCUT2D eigenvalue weighted by atomic mass is 10.1. The summed E-state index contributed by atoms with van der Waals surface area (Å²) in [6, 6.07) is 13.5. The van der Waals surface area contributed by atoms with Gasteiger partial charge in [-0.25, -0.2) is 8.42 Å². The standard InChI is InChI=1S/C26H37N3O5S/c1-7-21-8-12-23(13-9-21)29(35(6,32)33)18-25(30)28(20(4)26(31)27-16-19(2)3)17-22-10-14-24(34-5)15-11-22/h8-15,19-20H,7,16-18H2,1-6H3,(H,27,31)/t20-/m1/s1. The van der Waals surface area contributed by atoms with Crippen LogP contribution in [-0.2, 0) is 32.6 Å². The summed E-state index contributed by atoms with van der Waals surface area (Å²) in [6.45, 7) is 7.84. The van der Waals surface area contributed by atoms with E-state index in [1.165, 1.54) is 4.90 Å². The van der Waals surface area contributed by atoms with Gasteiger partial charge in [-0.1, -0.05) is 45.0 Å². The molecule has 35 heavy (non-hydrogen) atoms. The molecule has 0 aliphatic rings. The number of rotatable bonds is 12. The smallest absolute Gasteiger partial charge is 0.244 e. The van der Waals surface area contributed by atoms with Crippen molar-refractivity contribution in [2.45, 2.75) is 46.7 Å². The maximum Gasteiger partial charge on any atom is 0.244 e. The van der Waals surface area contributed by atoms with Crippen LogP contribution in [0.5, 0.6) is 5.75 Å². The molecule has 0 aliphatic heterocycles. The molecular formula is C26H37N3O5S. The van der Waals surface area contributed by atoms with Gasteiger partial charge < -0.3 is 15.0 Å². The predicted octanol–water partition coefficient (Wildman–Crippen LogP) is 3.21. The van der Waals surface area contributed by atoms with Crippen LogP contribution in [0.15, 0.2) is 48.5 Å². The maximum atomic E-state index is 13.5. The zero-order chi connectivity index (χ0) is 26.2. The molecule has 0 fully saturated rings. The van der Waals surface area contributed by atoms with E-state index in [2.05, 4.69) is 5.32 Å². The monoisotopic (exact) mass is 503 g/mol. The number of nitrogens with one attached hydrogen (secondary N) is 1. The molecule has 0 bridgehead atoms. The summed E-state index contributed by atoms with van der Waals surface area (Å²) in [7, 11) is -2.18. The summed E-state index contributed by atoms with van der Waals surface area (Å²) in [5.74, 6) is 0.161. The third-order valence-electron chi connectivity index (χ3n) is 5.68. The Morgan fingerprint density at radius 3 is 2.03 bits per heavy atom. The minimum absolute atomic E-state index is 0.144. The quantitative estimate of drug-likeness (QED) is 0.480. The number of hydrogen-bond donors (Lipinski definition) is 1. The third-order valence-corrected chi connectivity index (χ3v) is 6.82. The number of amides is 2. The van der Waals surface area contributed by atoms with Gasteiger partial charge in [-0.05, 0) is 54.7 Å². The van der Waals surface area contributed by atoms with Crippen LogP contribution in [-0.4, -0.2) is 57.6 Å². The van der Waals surface area contributed by atoms with Gasteiger partial charge in [0, 0.05) is 13.1 Å². The topological polar surface area (TPSA) is 96.0 Å². The van der Waals surface area contributed by atoms with Crippen molar-refractivity contribution in [1.29, 1.82) is 0 Å². The molecule has 0 unspecified atom stereocenters. The van der Waals surface area contributed by atoms with E-state index < -0.39 is 28.5 Å². The van der Waals surface area contributed by atoms with Crippen LogP contribution in [0.2, 0.25) is 0 Å². The molecule has 0 radical (unpaired) electrons. The number of sulfonamides is 1. The van der Waals surface area contributed by atoms with Gasteiger partial charge in [0.25, 0.3) is 0 Å². The summed E-state index contributed by atoms with van der Waals surface area (Å²) in [6.07, 6.45) is 1.89. The Bertz CT molecular complexity index is 1080. The van der Waals surface area contributed by atoms with E-state index in [0.29, 0.717) is 18.0 Å². The number of benzene rings is 2. The Balaban J connectivity index is 2.35. The number of hydrogen-bond acceptors (Lipinski definition) is 5. The van der Waals surface area contributed by atoms with Crippen molar-refractivity contribution in [2.75, 3.05) is 30.8 Å². The molecule has 192 valence electrons. The molecule has 9 heteroatoms. The number of methoxy groups -OCH3 is 1. The molecule has 0 aliphatic carbocycles. The molecule has 2 amide bonds. The number of nitrogens with zero attached hydrogens (tertiary/aromatic N) is 2. The third kappa shape index (κ3) is 8.28. The normalized spacial score (nSPS) is 12.2. The Morgan fingerprint density at radius 1 is 0.971 bits per heavy atom. The van der Waals surface area contributed by atoms with Crippen LogP contribution in [0.4, 0.5) is 5.69 Å². The van der Waals surface area contributed by atoms with E-state index in [1.54, 1.807) is 38.3 Å². The summed E-state index contributed by atoms with van der Waals surface area (Å²) in [5.41, 5.74) is 2.25. The van der Waals surface area contributed by atoms with E-state index in [1.807, 2.05) is 45.0 Å². The highest BCUT2D eigenvalue weighted by Gasteiger charge is 2.30. The highest BCUT2D eigenvalue weighted by molar-refractivity contribution is 7.92. The summed E-state index contributed by atoms with van der Waals surface area (Å²) in [5, 5.41) is 2.86. The van der Waals surface area contributed by atoms with Gasteiger partial charge >= 0.3 is 0 Å². The zero-order valence-corrected chi connectivity index (χ0v) is 22.3. The first-order valence-electron chi connectivity index (χ1n) is 11.7. The predicted molar refractivity (Wildman–Crippen MR) is 139 cm³/mol. The maximum absolute atomic E-state index is 13.5. The Labute approximate surface area is 209 Å². The molecule has 0 spiro atoms. The summed E-state index contributed by atoms with van der Waals surface area (Å²) >= 11 is 0. The van der Waals surface area contributed by atoms with Crippen LogP contribution < -0.4 is 14.4 Å². The second-order valence-electron chi connectivity index (χ2n) is 8.97. The lowest BCUT2D eigenvalue weighted by Crippen LogP contribution is -2.51. The lowest BCUT2D eigenvalue weighted by Gasteiger charge is -2.31. The van der Waals surface area contributed by atoms with Crippen LogP contribution >= 0.6 is 0 Å². The van der Waals surface area contributed by atoms with E-state index in [9.17, 15) is 18.0 Å². The first kappa shape index (κ1) is 28.2. The van der Waals surface area contributed by atoms with Crippen molar-refractivity contribution in [3.8, 4) is 5.75 Å². The molecule has 1 N–H and O–H groups in total. The Kier molecular flexibility index (Phi) is 10.1. The van der Waals surface area contributed by atoms with E-state index >= 15 is 0 Å². The Hall–Kier alpha value is -3.07. The Morgan fingerprint density at radius 2 is 1.54 bits per heavy atom.